The number of amides is 2. The normalized spacial score (nSPS) is 20.6. The highest BCUT2D eigenvalue weighted by Crippen LogP contribution is 2.23. The van der Waals surface area contributed by atoms with E-state index in [4.69, 9.17) is 5.73 Å². The molecule has 1 aliphatic rings. The van der Waals surface area contributed by atoms with Gasteiger partial charge in [-0.1, -0.05) is 6.92 Å². The zero-order valence-corrected chi connectivity index (χ0v) is 12.6. The Morgan fingerprint density at radius 3 is 2.58 bits per heavy atom. The van der Waals surface area contributed by atoms with Gasteiger partial charge in [0.25, 0.3) is 0 Å². The largest absolute Gasteiger partial charge is 0.342 e. The molecule has 1 unspecified atom stereocenters. The molecule has 0 aliphatic carbocycles. The number of carbonyl (C=O) groups is 2. The zero-order chi connectivity index (χ0) is 14.6. The molecule has 110 valence electrons. The van der Waals surface area contributed by atoms with Crippen LogP contribution >= 0.6 is 0 Å². The number of rotatable bonds is 5. The second-order valence-corrected chi connectivity index (χ2v) is 6.05. The lowest BCUT2D eigenvalue weighted by Crippen LogP contribution is -2.63. The molecular formula is C14H27N3O2. The quantitative estimate of drug-likeness (QED) is 0.804. The molecule has 1 aliphatic heterocycles. The fourth-order valence-electron chi connectivity index (χ4n) is 2.58. The fourth-order valence-corrected chi connectivity index (χ4v) is 2.58. The minimum Gasteiger partial charge on any atom is -0.342 e. The first-order valence-corrected chi connectivity index (χ1v) is 7.06. The van der Waals surface area contributed by atoms with Crippen molar-refractivity contribution in [3.05, 3.63) is 0 Å². The Bertz CT molecular complexity index is 342. The van der Waals surface area contributed by atoms with Gasteiger partial charge in [-0.25, -0.2) is 0 Å². The van der Waals surface area contributed by atoms with E-state index >= 15 is 0 Å². The van der Waals surface area contributed by atoms with E-state index in [1.807, 2.05) is 13.8 Å². The number of likely N-dealkylation sites (N-methyl/N-ethyl adjacent to an activating group) is 1. The standard InChI is InChI=1S/C14H27N3O2/c1-11(7-8-15)5-6-12(18)17-10-9-16(4)13(19)14(17,2)3/h11H,5-10,15H2,1-4H3. The van der Waals surface area contributed by atoms with Crippen LogP contribution in [0.2, 0.25) is 0 Å². The minimum atomic E-state index is -0.721. The number of hydrogen-bond acceptors (Lipinski definition) is 3. The highest BCUT2D eigenvalue weighted by atomic mass is 16.2. The molecule has 1 rings (SSSR count). The van der Waals surface area contributed by atoms with Gasteiger partial charge in [0.2, 0.25) is 11.8 Å². The highest BCUT2D eigenvalue weighted by molar-refractivity contribution is 5.91. The Balaban J connectivity index is 2.59. The van der Waals surface area contributed by atoms with Gasteiger partial charge in [0.15, 0.2) is 0 Å². The smallest absolute Gasteiger partial charge is 0.247 e. The third kappa shape index (κ3) is 3.69. The van der Waals surface area contributed by atoms with Crippen LogP contribution < -0.4 is 5.73 Å². The molecule has 0 aromatic rings. The monoisotopic (exact) mass is 269 g/mol. The SMILES string of the molecule is CC(CCN)CCC(=O)N1CCN(C)C(=O)C1(C)C. The van der Waals surface area contributed by atoms with Crippen LogP contribution in [-0.4, -0.2) is 53.8 Å². The van der Waals surface area contributed by atoms with Gasteiger partial charge in [-0.05, 0) is 39.2 Å². The van der Waals surface area contributed by atoms with Crippen LogP contribution in [0.1, 0.15) is 40.0 Å². The average molecular weight is 269 g/mol. The summed E-state index contributed by atoms with van der Waals surface area (Å²) >= 11 is 0. The third-order valence-electron chi connectivity index (χ3n) is 4.02. The van der Waals surface area contributed by atoms with Gasteiger partial charge in [-0.2, -0.15) is 0 Å². The summed E-state index contributed by atoms with van der Waals surface area (Å²) in [6, 6.07) is 0. The molecule has 0 aromatic heterocycles. The van der Waals surface area contributed by atoms with Gasteiger partial charge in [-0.15, -0.1) is 0 Å². The molecule has 0 bridgehead atoms. The van der Waals surface area contributed by atoms with Crippen molar-refractivity contribution in [1.29, 1.82) is 0 Å². The summed E-state index contributed by atoms with van der Waals surface area (Å²) in [5.74, 6) is 0.553. The van der Waals surface area contributed by atoms with Crippen LogP contribution in [0.3, 0.4) is 0 Å². The lowest BCUT2D eigenvalue weighted by Gasteiger charge is -2.44. The number of nitrogens with zero attached hydrogens (tertiary/aromatic N) is 2. The van der Waals surface area contributed by atoms with Crippen LogP contribution in [0.25, 0.3) is 0 Å². The molecule has 0 spiro atoms. The van der Waals surface area contributed by atoms with E-state index in [1.54, 1.807) is 16.8 Å². The molecule has 1 saturated heterocycles. The molecular weight excluding hydrogens is 242 g/mol. The summed E-state index contributed by atoms with van der Waals surface area (Å²) in [5.41, 5.74) is 4.79. The maximum absolute atomic E-state index is 12.3. The third-order valence-corrected chi connectivity index (χ3v) is 4.02. The molecule has 19 heavy (non-hydrogen) atoms. The summed E-state index contributed by atoms with van der Waals surface area (Å²) in [4.78, 5) is 27.8. The molecule has 0 aromatic carbocycles. The molecule has 1 heterocycles. The van der Waals surface area contributed by atoms with E-state index in [0.29, 0.717) is 32.0 Å². The topological polar surface area (TPSA) is 66.6 Å². The van der Waals surface area contributed by atoms with E-state index in [2.05, 4.69) is 6.92 Å². The molecule has 1 atom stereocenters. The van der Waals surface area contributed by atoms with Crippen LogP contribution in [0.5, 0.6) is 0 Å². The van der Waals surface area contributed by atoms with Crippen molar-refractivity contribution in [3.8, 4) is 0 Å². The Labute approximate surface area is 116 Å². The van der Waals surface area contributed by atoms with Crippen molar-refractivity contribution < 1.29 is 9.59 Å². The van der Waals surface area contributed by atoms with Gasteiger partial charge >= 0.3 is 0 Å². The van der Waals surface area contributed by atoms with Crippen LogP contribution in [0, 0.1) is 5.92 Å². The van der Waals surface area contributed by atoms with Crippen molar-refractivity contribution in [3.63, 3.8) is 0 Å². The van der Waals surface area contributed by atoms with Gasteiger partial charge in [0.05, 0.1) is 0 Å². The summed E-state index contributed by atoms with van der Waals surface area (Å²) in [5, 5.41) is 0. The predicted molar refractivity (Wildman–Crippen MR) is 75.5 cm³/mol. The first-order valence-electron chi connectivity index (χ1n) is 7.06. The van der Waals surface area contributed by atoms with E-state index in [9.17, 15) is 9.59 Å². The summed E-state index contributed by atoms with van der Waals surface area (Å²) in [7, 11) is 1.79. The Morgan fingerprint density at radius 2 is 2.00 bits per heavy atom. The van der Waals surface area contributed by atoms with Crippen molar-refractivity contribution in [2.75, 3.05) is 26.7 Å². The Morgan fingerprint density at radius 1 is 1.37 bits per heavy atom. The molecule has 2 amide bonds. The van der Waals surface area contributed by atoms with Gasteiger partial charge in [-0.3, -0.25) is 9.59 Å². The first kappa shape index (κ1) is 16.0. The van der Waals surface area contributed by atoms with Crippen LogP contribution in [-0.2, 0) is 9.59 Å². The molecule has 5 nitrogen and oxygen atoms in total. The maximum atomic E-state index is 12.3. The molecule has 2 N–H and O–H groups in total. The van der Waals surface area contributed by atoms with E-state index < -0.39 is 5.54 Å². The number of nitrogens with two attached hydrogens (primary N) is 1. The minimum absolute atomic E-state index is 0.0158. The van der Waals surface area contributed by atoms with Crippen LogP contribution in [0.15, 0.2) is 0 Å². The second-order valence-electron chi connectivity index (χ2n) is 6.05. The van der Waals surface area contributed by atoms with Crippen molar-refractivity contribution in [2.24, 2.45) is 11.7 Å². The molecule has 0 radical (unpaired) electrons. The highest BCUT2D eigenvalue weighted by Gasteiger charge is 2.42. The molecule has 5 heteroatoms. The maximum Gasteiger partial charge on any atom is 0.247 e. The second kappa shape index (κ2) is 6.37. The van der Waals surface area contributed by atoms with E-state index in [-0.39, 0.29) is 11.8 Å². The summed E-state index contributed by atoms with van der Waals surface area (Å²) in [6.07, 6.45) is 2.28. The Hall–Kier alpha value is -1.10. The number of carbonyl (C=O) groups excluding carboxylic acids is 2. The zero-order valence-electron chi connectivity index (χ0n) is 12.6. The van der Waals surface area contributed by atoms with Crippen molar-refractivity contribution in [2.45, 2.75) is 45.6 Å². The molecule has 0 saturated carbocycles. The van der Waals surface area contributed by atoms with Gasteiger partial charge in [0.1, 0.15) is 5.54 Å². The predicted octanol–water partition coefficient (Wildman–Crippen LogP) is 0.831. The molecule has 1 fully saturated rings. The lowest BCUT2D eigenvalue weighted by atomic mass is 9.95. The lowest BCUT2D eigenvalue weighted by molar-refractivity contribution is -0.157. The Kier molecular flexibility index (Phi) is 5.35. The van der Waals surface area contributed by atoms with Crippen molar-refractivity contribution >= 4 is 11.8 Å². The first-order chi connectivity index (χ1) is 8.80. The number of hydrogen-bond donors (Lipinski definition) is 1. The average Bonchev–Trinajstić information content (AvgIpc) is 2.34. The van der Waals surface area contributed by atoms with Crippen LogP contribution in [0.4, 0.5) is 0 Å². The van der Waals surface area contributed by atoms with Crippen molar-refractivity contribution in [1.82, 2.24) is 9.80 Å². The van der Waals surface area contributed by atoms with E-state index in [1.165, 1.54) is 0 Å². The van der Waals surface area contributed by atoms with Gasteiger partial charge in [0, 0.05) is 26.6 Å². The summed E-state index contributed by atoms with van der Waals surface area (Å²) in [6.45, 7) is 7.67. The number of piperazine rings is 1. The summed E-state index contributed by atoms with van der Waals surface area (Å²) < 4.78 is 0. The van der Waals surface area contributed by atoms with E-state index in [0.717, 1.165) is 12.8 Å². The fraction of sp³-hybridized carbons (Fsp3) is 0.857. The van der Waals surface area contributed by atoms with Gasteiger partial charge < -0.3 is 15.5 Å².